The van der Waals surface area contributed by atoms with E-state index < -0.39 is 0 Å². The molecule has 3 aromatic heterocycles. The molecule has 2 aromatic carbocycles. The maximum atomic E-state index is 9.26. The van der Waals surface area contributed by atoms with Crippen LogP contribution in [0.4, 0.5) is 0 Å². The van der Waals surface area contributed by atoms with Gasteiger partial charge in [-0.05, 0) is 41.3 Å². The molecule has 6 rings (SSSR count). The van der Waals surface area contributed by atoms with Gasteiger partial charge in [-0.25, -0.2) is 0 Å². The molecule has 0 fully saturated rings. The Kier molecular flexibility index (Phi) is 3.24. The highest BCUT2D eigenvalue weighted by Gasteiger charge is 2.23. The Balaban J connectivity index is 1.96. The molecule has 0 radical (unpaired) electrons. The first kappa shape index (κ1) is 16.9. The van der Waals surface area contributed by atoms with Crippen LogP contribution in [-0.4, -0.2) is 8.97 Å². The van der Waals surface area contributed by atoms with E-state index in [1.165, 1.54) is 38.0 Å². The minimum atomic E-state index is 0.111. The van der Waals surface area contributed by atoms with Gasteiger partial charge in [0.05, 0.1) is 11.0 Å². The molecule has 0 bridgehead atoms. The Morgan fingerprint density at radius 3 is 2.67 bits per heavy atom. The van der Waals surface area contributed by atoms with Crippen LogP contribution in [0.1, 0.15) is 30.5 Å². The number of aryl methyl sites for hydroxylation is 1. The van der Waals surface area contributed by atoms with E-state index in [1.54, 1.807) is 6.08 Å². The third kappa shape index (κ3) is 1.93. The van der Waals surface area contributed by atoms with Crippen LogP contribution in [0.15, 0.2) is 48.0 Å². The number of hydrogen-bond donors (Lipinski definition) is 0. The van der Waals surface area contributed by atoms with Crippen LogP contribution in [0.3, 0.4) is 0 Å². The standard InChI is InChI=1S/C26H18N4/c1-15-7-8-20-22-12-17(11-16(13-27)14-28)29(2)26(22)30-23-6-4-3-5-19(23)21-10-9-18(15)24(20)25(21)30/h3-6,8-12,15H,7H2,1-2H3. The highest BCUT2D eigenvalue weighted by atomic mass is 15.1. The molecular formula is C26H18N4. The molecule has 1 atom stereocenters. The molecule has 0 spiro atoms. The zero-order valence-electron chi connectivity index (χ0n) is 16.8. The van der Waals surface area contributed by atoms with Gasteiger partial charge in [-0.3, -0.25) is 4.40 Å². The SMILES string of the molecule is CC1CC=c2c3cc(C=C(C#N)C#N)n(C)c3n3c4ccccc4c4ccc1c2c43. The van der Waals surface area contributed by atoms with E-state index in [0.29, 0.717) is 5.92 Å². The number of nitriles is 2. The molecule has 3 heterocycles. The number of pyridine rings is 1. The smallest absolute Gasteiger partial charge is 0.131 e. The fourth-order valence-electron chi connectivity index (χ4n) is 5.21. The second-order valence-corrected chi connectivity index (χ2v) is 8.18. The molecule has 4 heteroatoms. The maximum Gasteiger partial charge on any atom is 0.131 e. The van der Waals surface area contributed by atoms with Crippen LogP contribution in [0.2, 0.25) is 0 Å². The van der Waals surface area contributed by atoms with Crippen LogP contribution in [0, 0.1) is 22.7 Å². The topological polar surface area (TPSA) is 56.9 Å². The molecule has 1 aliphatic rings. The third-order valence-electron chi connectivity index (χ3n) is 6.62. The first-order valence-electron chi connectivity index (χ1n) is 10.1. The van der Waals surface area contributed by atoms with Gasteiger partial charge in [0, 0.05) is 34.3 Å². The largest absolute Gasteiger partial charge is 0.330 e. The first-order valence-corrected chi connectivity index (χ1v) is 10.1. The predicted octanol–water partition coefficient (Wildman–Crippen LogP) is 5.17. The van der Waals surface area contributed by atoms with Gasteiger partial charge in [0.25, 0.3) is 0 Å². The molecule has 1 aliphatic carbocycles. The molecule has 0 aliphatic heterocycles. The second-order valence-electron chi connectivity index (χ2n) is 8.18. The lowest BCUT2D eigenvalue weighted by Gasteiger charge is -2.20. The molecule has 4 nitrogen and oxygen atoms in total. The van der Waals surface area contributed by atoms with Crippen LogP contribution in [-0.2, 0) is 7.05 Å². The number of fused-ring (bicyclic) bond motifs is 6. The van der Waals surface area contributed by atoms with Gasteiger partial charge >= 0.3 is 0 Å². The fraction of sp³-hybridized carbons (Fsp3) is 0.154. The van der Waals surface area contributed by atoms with Crippen molar-refractivity contribution in [2.75, 3.05) is 0 Å². The summed E-state index contributed by atoms with van der Waals surface area (Å²) in [6.07, 6.45) is 5.05. The predicted molar refractivity (Wildman–Crippen MR) is 121 cm³/mol. The van der Waals surface area contributed by atoms with E-state index in [-0.39, 0.29) is 5.57 Å². The van der Waals surface area contributed by atoms with E-state index >= 15 is 0 Å². The summed E-state index contributed by atoms with van der Waals surface area (Å²) >= 11 is 0. The number of allylic oxidation sites excluding steroid dienone is 1. The van der Waals surface area contributed by atoms with Crippen LogP contribution in [0.25, 0.3) is 50.4 Å². The Morgan fingerprint density at radius 2 is 1.87 bits per heavy atom. The summed E-state index contributed by atoms with van der Waals surface area (Å²) < 4.78 is 4.47. The first-order chi connectivity index (χ1) is 14.6. The monoisotopic (exact) mass is 386 g/mol. The number of aromatic nitrogens is 2. The van der Waals surface area contributed by atoms with E-state index in [2.05, 4.69) is 64.4 Å². The molecule has 0 saturated carbocycles. The highest BCUT2D eigenvalue weighted by Crippen LogP contribution is 2.39. The average molecular weight is 386 g/mol. The fourth-order valence-corrected chi connectivity index (χ4v) is 5.21. The second kappa shape index (κ2) is 5.75. The number of para-hydroxylation sites is 1. The van der Waals surface area contributed by atoms with Crippen molar-refractivity contribution in [2.24, 2.45) is 7.05 Å². The van der Waals surface area contributed by atoms with Crippen molar-refractivity contribution in [3.8, 4) is 12.1 Å². The number of benzene rings is 2. The van der Waals surface area contributed by atoms with Crippen molar-refractivity contribution >= 4 is 50.4 Å². The molecule has 0 amide bonds. The summed E-state index contributed by atoms with van der Waals surface area (Å²) in [5.74, 6) is 0.480. The van der Waals surface area contributed by atoms with E-state index in [4.69, 9.17) is 0 Å². The van der Waals surface area contributed by atoms with Crippen molar-refractivity contribution in [3.63, 3.8) is 0 Å². The molecule has 30 heavy (non-hydrogen) atoms. The number of rotatable bonds is 1. The lowest BCUT2D eigenvalue weighted by molar-refractivity contribution is 0.803. The van der Waals surface area contributed by atoms with Gasteiger partial charge in [-0.1, -0.05) is 43.3 Å². The summed E-state index contributed by atoms with van der Waals surface area (Å²) in [5.41, 5.74) is 5.89. The minimum absolute atomic E-state index is 0.111. The summed E-state index contributed by atoms with van der Waals surface area (Å²) in [7, 11) is 2.01. The van der Waals surface area contributed by atoms with Crippen molar-refractivity contribution in [2.45, 2.75) is 19.3 Å². The van der Waals surface area contributed by atoms with Crippen LogP contribution >= 0.6 is 0 Å². The van der Waals surface area contributed by atoms with Crippen molar-refractivity contribution in [1.82, 2.24) is 8.97 Å². The molecule has 1 unspecified atom stereocenters. The van der Waals surface area contributed by atoms with Gasteiger partial charge in [0.2, 0.25) is 0 Å². The Morgan fingerprint density at radius 1 is 1.07 bits per heavy atom. The lowest BCUT2D eigenvalue weighted by atomic mass is 9.87. The molecular weight excluding hydrogens is 368 g/mol. The number of hydrogen-bond acceptors (Lipinski definition) is 2. The van der Waals surface area contributed by atoms with Crippen molar-refractivity contribution in [1.29, 1.82) is 10.5 Å². The van der Waals surface area contributed by atoms with Gasteiger partial charge in [-0.2, -0.15) is 10.5 Å². The van der Waals surface area contributed by atoms with Crippen LogP contribution in [0.5, 0.6) is 0 Å². The zero-order chi connectivity index (χ0) is 20.6. The van der Waals surface area contributed by atoms with Crippen molar-refractivity contribution in [3.05, 3.63) is 64.5 Å². The highest BCUT2D eigenvalue weighted by molar-refractivity contribution is 6.18. The summed E-state index contributed by atoms with van der Waals surface area (Å²) in [4.78, 5) is 0. The van der Waals surface area contributed by atoms with E-state index in [1.807, 2.05) is 19.2 Å². The molecule has 0 N–H and O–H groups in total. The normalized spacial score (nSPS) is 15.4. The third-order valence-corrected chi connectivity index (χ3v) is 6.62. The lowest BCUT2D eigenvalue weighted by Crippen LogP contribution is -2.15. The van der Waals surface area contributed by atoms with E-state index in [9.17, 15) is 10.5 Å². The summed E-state index contributed by atoms with van der Waals surface area (Å²) in [6.45, 7) is 2.29. The summed E-state index contributed by atoms with van der Waals surface area (Å²) in [5, 5.41) is 24.8. The minimum Gasteiger partial charge on any atom is -0.330 e. The average Bonchev–Trinajstić information content (AvgIpc) is 3.28. The molecule has 5 aromatic rings. The zero-order valence-corrected chi connectivity index (χ0v) is 16.8. The maximum absolute atomic E-state index is 9.26. The Hall–Kier alpha value is -4.02. The molecule has 142 valence electrons. The van der Waals surface area contributed by atoms with Gasteiger partial charge < -0.3 is 4.57 Å². The van der Waals surface area contributed by atoms with Gasteiger partial charge in [0.1, 0.15) is 23.4 Å². The quantitative estimate of drug-likeness (QED) is 0.373. The number of nitrogens with zero attached hydrogens (tertiary/aromatic N) is 4. The van der Waals surface area contributed by atoms with E-state index in [0.717, 1.165) is 23.1 Å². The van der Waals surface area contributed by atoms with Crippen molar-refractivity contribution < 1.29 is 0 Å². The van der Waals surface area contributed by atoms with Gasteiger partial charge in [-0.15, -0.1) is 0 Å². The van der Waals surface area contributed by atoms with Gasteiger partial charge in [0.15, 0.2) is 0 Å². The molecule has 0 saturated heterocycles. The Labute approximate surface area is 173 Å². The Bertz CT molecular complexity index is 1690. The summed E-state index contributed by atoms with van der Waals surface area (Å²) in [6, 6.07) is 19.2. The van der Waals surface area contributed by atoms with Crippen LogP contribution < -0.4 is 5.22 Å².